The van der Waals surface area contributed by atoms with Crippen molar-refractivity contribution >= 4 is 23.2 Å². The summed E-state index contributed by atoms with van der Waals surface area (Å²) in [7, 11) is 0. The molecule has 2 aromatic carbocycles. The second-order valence-electron chi connectivity index (χ2n) is 6.79. The van der Waals surface area contributed by atoms with E-state index in [9.17, 15) is 19.7 Å². The van der Waals surface area contributed by atoms with Crippen LogP contribution in [-0.4, -0.2) is 28.8 Å². The number of carbonyl (C=O) groups excluding carboxylic acids is 2. The molecule has 0 bridgehead atoms. The van der Waals surface area contributed by atoms with Crippen molar-refractivity contribution in [3.8, 4) is 0 Å². The number of amides is 2. The van der Waals surface area contributed by atoms with E-state index in [2.05, 4.69) is 10.6 Å². The fourth-order valence-electron chi connectivity index (χ4n) is 2.81. The molecule has 0 unspecified atom stereocenters. The summed E-state index contributed by atoms with van der Waals surface area (Å²) < 4.78 is 0. The SMILES string of the molecule is CCCC[C@H](NC(=O)[C@@H](N)Cc1ccccc1)C(=O)Nc1ccc([N+](=O)[O-])cc1. The minimum absolute atomic E-state index is 0.0641. The van der Waals surface area contributed by atoms with Gasteiger partial charge < -0.3 is 16.4 Å². The van der Waals surface area contributed by atoms with Crippen molar-refractivity contribution < 1.29 is 14.5 Å². The van der Waals surface area contributed by atoms with Crippen LogP contribution in [0.4, 0.5) is 11.4 Å². The number of anilines is 1. The van der Waals surface area contributed by atoms with Crippen molar-refractivity contribution in [2.75, 3.05) is 5.32 Å². The number of hydrogen-bond donors (Lipinski definition) is 3. The lowest BCUT2D eigenvalue weighted by atomic mass is 10.0. The Morgan fingerprint density at radius 3 is 2.31 bits per heavy atom. The van der Waals surface area contributed by atoms with E-state index in [1.165, 1.54) is 24.3 Å². The van der Waals surface area contributed by atoms with Gasteiger partial charge >= 0.3 is 0 Å². The van der Waals surface area contributed by atoms with Crippen LogP contribution in [-0.2, 0) is 16.0 Å². The third kappa shape index (κ3) is 7.00. The van der Waals surface area contributed by atoms with E-state index >= 15 is 0 Å². The van der Waals surface area contributed by atoms with Gasteiger partial charge in [-0.05, 0) is 30.5 Å². The molecule has 0 spiro atoms. The monoisotopic (exact) mass is 398 g/mol. The molecule has 0 saturated carbocycles. The number of nitrogens with zero attached hydrogens (tertiary/aromatic N) is 1. The van der Waals surface area contributed by atoms with E-state index < -0.39 is 22.9 Å². The summed E-state index contributed by atoms with van der Waals surface area (Å²) in [5, 5.41) is 16.2. The van der Waals surface area contributed by atoms with Gasteiger partial charge in [-0.25, -0.2) is 0 Å². The standard InChI is InChI=1S/C21H26N4O4/c1-2-3-9-19(21(27)23-16-10-12-17(13-11-16)25(28)29)24-20(26)18(22)14-15-7-5-4-6-8-15/h4-8,10-13,18-19H,2-3,9,14,22H2,1H3,(H,23,27)(H,24,26)/t18-,19-/m0/s1. The lowest BCUT2D eigenvalue weighted by Crippen LogP contribution is -2.50. The highest BCUT2D eigenvalue weighted by Crippen LogP contribution is 2.16. The first-order valence-corrected chi connectivity index (χ1v) is 9.56. The summed E-state index contributed by atoms with van der Waals surface area (Å²) in [5.41, 5.74) is 7.31. The van der Waals surface area contributed by atoms with E-state index in [1.54, 1.807) is 0 Å². The molecule has 0 aliphatic heterocycles. The highest BCUT2D eigenvalue weighted by atomic mass is 16.6. The molecule has 0 fully saturated rings. The van der Waals surface area contributed by atoms with E-state index in [4.69, 9.17) is 5.73 Å². The average Bonchev–Trinajstić information content (AvgIpc) is 2.71. The summed E-state index contributed by atoms with van der Waals surface area (Å²) in [5.74, 6) is -0.777. The molecular weight excluding hydrogens is 372 g/mol. The average molecular weight is 398 g/mol. The number of hydrogen-bond acceptors (Lipinski definition) is 5. The maximum absolute atomic E-state index is 12.7. The molecular formula is C21H26N4O4. The van der Waals surface area contributed by atoms with Crippen LogP contribution in [0.5, 0.6) is 0 Å². The van der Waals surface area contributed by atoms with Gasteiger partial charge in [-0.1, -0.05) is 50.1 Å². The Morgan fingerprint density at radius 1 is 1.07 bits per heavy atom. The van der Waals surface area contributed by atoms with Crippen molar-refractivity contribution in [2.45, 2.75) is 44.7 Å². The van der Waals surface area contributed by atoms with Crippen LogP contribution in [0.1, 0.15) is 31.7 Å². The Morgan fingerprint density at radius 2 is 1.72 bits per heavy atom. The predicted molar refractivity (Wildman–Crippen MR) is 111 cm³/mol. The van der Waals surface area contributed by atoms with Crippen LogP contribution in [0.3, 0.4) is 0 Å². The van der Waals surface area contributed by atoms with Gasteiger partial charge in [0.15, 0.2) is 0 Å². The number of rotatable bonds is 10. The smallest absolute Gasteiger partial charge is 0.269 e. The fourth-order valence-corrected chi connectivity index (χ4v) is 2.81. The van der Waals surface area contributed by atoms with Gasteiger partial charge in [-0.3, -0.25) is 19.7 Å². The molecule has 29 heavy (non-hydrogen) atoms. The highest BCUT2D eigenvalue weighted by molar-refractivity contribution is 5.97. The zero-order valence-corrected chi connectivity index (χ0v) is 16.3. The maximum atomic E-state index is 12.7. The Kier molecular flexibility index (Phi) is 8.29. The summed E-state index contributed by atoms with van der Waals surface area (Å²) in [6, 6.07) is 13.4. The second kappa shape index (κ2) is 10.9. The normalized spacial score (nSPS) is 12.6. The molecule has 2 atom stereocenters. The van der Waals surface area contributed by atoms with E-state index in [0.29, 0.717) is 18.5 Å². The minimum atomic E-state index is -0.770. The van der Waals surface area contributed by atoms with Crippen LogP contribution in [0.2, 0.25) is 0 Å². The number of unbranched alkanes of at least 4 members (excludes halogenated alkanes) is 1. The lowest BCUT2D eigenvalue weighted by molar-refractivity contribution is -0.384. The molecule has 0 radical (unpaired) electrons. The number of nitro groups is 1. The Hall–Kier alpha value is -3.26. The zero-order chi connectivity index (χ0) is 21.2. The van der Waals surface area contributed by atoms with Crippen molar-refractivity contribution in [1.82, 2.24) is 5.32 Å². The first-order valence-electron chi connectivity index (χ1n) is 9.56. The van der Waals surface area contributed by atoms with Gasteiger partial charge in [0.25, 0.3) is 5.69 Å². The molecule has 0 aromatic heterocycles. The van der Waals surface area contributed by atoms with Crippen LogP contribution in [0, 0.1) is 10.1 Å². The third-order valence-corrected chi connectivity index (χ3v) is 4.46. The Bertz CT molecular complexity index is 824. The maximum Gasteiger partial charge on any atom is 0.269 e. The van der Waals surface area contributed by atoms with E-state index in [-0.39, 0.29) is 11.6 Å². The van der Waals surface area contributed by atoms with Crippen molar-refractivity contribution in [1.29, 1.82) is 0 Å². The molecule has 8 heteroatoms. The molecule has 0 heterocycles. The number of nitro benzene ring substituents is 1. The summed E-state index contributed by atoms with van der Waals surface area (Å²) in [6.07, 6.45) is 2.47. The van der Waals surface area contributed by atoms with Crippen LogP contribution < -0.4 is 16.4 Å². The number of non-ortho nitro benzene ring substituents is 1. The molecule has 154 valence electrons. The van der Waals surface area contributed by atoms with Crippen molar-refractivity contribution in [2.24, 2.45) is 5.73 Å². The highest BCUT2D eigenvalue weighted by Gasteiger charge is 2.23. The number of nitrogens with one attached hydrogen (secondary N) is 2. The molecule has 2 rings (SSSR count). The molecule has 2 aromatic rings. The molecule has 0 aliphatic rings. The number of nitrogens with two attached hydrogens (primary N) is 1. The van der Waals surface area contributed by atoms with Crippen LogP contribution >= 0.6 is 0 Å². The van der Waals surface area contributed by atoms with Gasteiger partial charge in [-0.2, -0.15) is 0 Å². The lowest BCUT2D eigenvalue weighted by Gasteiger charge is -2.20. The predicted octanol–water partition coefficient (Wildman–Crippen LogP) is 2.78. The summed E-state index contributed by atoms with van der Waals surface area (Å²) >= 11 is 0. The number of carbonyl (C=O) groups is 2. The van der Waals surface area contributed by atoms with Gasteiger partial charge in [0.2, 0.25) is 11.8 Å². The Balaban J connectivity index is 2.00. The first kappa shape index (κ1) is 22.0. The first-order chi connectivity index (χ1) is 13.9. The zero-order valence-electron chi connectivity index (χ0n) is 16.3. The van der Waals surface area contributed by atoms with Crippen molar-refractivity contribution in [3.05, 3.63) is 70.3 Å². The molecule has 0 aliphatic carbocycles. The van der Waals surface area contributed by atoms with Crippen molar-refractivity contribution in [3.63, 3.8) is 0 Å². The molecule has 2 amide bonds. The van der Waals surface area contributed by atoms with E-state index in [1.807, 2.05) is 37.3 Å². The Labute approximate surface area is 169 Å². The second-order valence-corrected chi connectivity index (χ2v) is 6.79. The third-order valence-electron chi connectivity index (χ3n) is 4.46. The minimum Gasteiger partial charge on any atom is -0.343 e. The fraction of sp³-hybridized carbons (Fsp3) is 0.333. The molecule has 8 nitrogen and oxygen atoms in total. The quantitative estimate of drug-likeness (QED) is 0.419. The number of benzene rings is 2. The van der Waals surface area contributed by atoms with E-state index in [0.717, 1.165) is 18.4 Å². The van der Waals surface area contributed by atoms with Crippen LogP contribution in [0.25, 0.3) is 0 Å². The van der Waals surface area contributed by atoms with Gasteiger partial charge in [-0.15, -0.1) is 0 Å². The largest absolute Gasteiger partial charge is 0.343 e. The summed E-state index contributed by atoms with van der Waals surface area (Å²) in [4.78, 5) is 35.4. The molecule has 0 saturated heterocycles. The topological polar surface area (TPSA) is 127 Å². The van der Waals surface area contributed by atoms with Gasteiger partial charge in [0.05, 0.1) is 11.0 Å². The van der Waals surface area contributed by atoms with Gasteiger partial charge in [0, 0.05) is 17.8 Å². The van der Waals surface area contributed by atoms with Crippen LogP contribution in [0.15, 0.2) is 54.6 Å². The summed E-state index contributed by atoms with van der Waals surface area (Å²) in [6.45, 7) is 1.99. The molecule has 4 N–H and O–H groups in total. The van der Waals surface area contributed by atoms with Gasteiger partial charge in [0.1, 0.15) is 6.04 Å².